The zero-order chi connectivity index (χ0) is 20.7. The minimum atomic E-state index is -0.596. The Morgan fingerprint density at radius 2 is 1.75 bits per heavy atom. The third kappa shape index (κ3) is 4.64. The number of ether oxygens (including phenoxy) is 1. The molecule has 0 unspecified atom stereocenters. The molecule has 0 aliphatic heterocycles. The van der Waals surface area contributed by atoms with Gasteiger partial charge >= 0.3 is 5.69 Å². The van der Waals surface area contributed by atoms with Crippen molar-refractivity contribution >= 4 is 17.7 Å². The fourth-order valence-corrected chi connectivity index (χ4v) is 2.71. The summed E-state index contributed by atoms with van der Waals surface area (Å²) in [6.07, 6.45) is 1.54. The minimum absolute atomic E-state index is 0.0255. The molecule has 0 spiro atoms. The van der Waals surface area contributed by atoms with Crippen molar-refractivity contribution in [2.24, 2.45) is 4.99 Å². The van der Waals surface area contributed by atoms with Crippen LogP contribution in [0.1, 0.15) is 43.1 Å². The molecule has 0 fully saturated rings. The Balaban J connectivity index is 2.28. The molecule has 2 aromatic rings. The van der Waals surface area contributed by atoms with E-state index < -0.39 is 17.1 Å². The summed E-state index contributed by atoms with van der Waals surface area (Å²) in [6.45, 7) is 6.62. The van der Waals surface area contributed by atoms with Crippen molar-refractivity contribution in [3.63, 3.8) is 0 Å². The summed E-state index contributed by atoms with van der Waals surface area (Å²) in [4.78, 5) is 40.9. The van der Waals surface area contributed by atoms with Crippen molar-refractivity contribution in [2.75, 3.05) is 13.2 Å². The third-order valence-electron chi connectivity index (χ3n) is 4.28. The van der Waals surface area contributed by atoms with Crippen molar-refractivity contribution in [1.82, 2.24) is 9.13 Å². The number of carbonyl (C=O) groups is 1. The molecule has 0 aliphatic rings. The van der Waals surface area contributed by atoms with E-state index in [2.05, 4.69) is 4.99 Å². The Morgan fingerprint density at radius 1 is 1.11 bits per heavy atom. The summed E-state index contributed by atoms with van der Waals surface area (Å²) in [6, 6.07) is 6.60. The van der Waals surface area contributed by atoms with Crippen molar-refractivity contribution in [2.45, 2.75) is 40.3 Å². The summed E-state index contributed by atoms with van der Waals surface area (Å²) in [7, 11) is 0. The van der Waals surface area contributed by atoms with Gasteiger partial charge in [-0.25, -0.2) is 4.79 Å². The van der Waals surface area contributed by atoms with E-state index >= 15 is 0 Å². The number of aromatic nitrogens is 2. The van der Waals surface area contributed by atoms with Crippen molar-refractivity contribution < 1.29 is 14.6 Å². The van der Waals surface area contributed by atoms with Gasteiger partial charge in [0.25, 0.3) is 5.56 Å². The summed E-state index contributed by atoms with van der Waals surface area (Å²) in [5.74, 6) is -0.434. The number of carbonyl (C=O) groups excluding carboxylic acids is 1. The molecule has 1 heterocycles. The highest BCUT2D eigenvalue weighted by Crippen LogP contribution is 2.16. The van der Waals surface area contributed by atoms with Gasteiger partial charge in [-0.1, -0.05) is 0 Å². The van der Waals surface area contributed by atoms with Crippen LogP contribution in [-0.4, -0.2) is 39.5 Å². The van der Waals surface area contributed by atoms with Crippen molar-refractivity contribution in [1.29, 1.82) is 0 Å². The molecule has 8 nitrogen and oxygen atoms in total. The van der Waals surface area contributed by atoms with Gasteiger partial charge in [0.15, 0.2) is 5.78 Å². The first kappa shape index (κ1) is 21.3. The molecule has 0 aliphatic carbocycles. The van der Waals surface area contributed by atoms with Crippen LogP contribution in [0.4, 0.5) is 5.69 Å². The zero-order valence-corrected chi connectivity index (χ0v) is 16.3. The predicted octanol–water partition coefficient (Wildman–Crippen LogP) is 2.12. The topological polar surface area (TPSA) is 103 Å². The van der Waals surface area contributed by atoms with Gasteiger partial charge in [0, 0.05) is 37.9 Å². The second-order valence-electron chi connectivity index (χ2n) is 5.99. The van der Waals surface area contributed by atoms with Crippen molar-refractivity contribution in [3.8, 4) is 5.88 Å². The van der Waals surface area contributed by atoms with Gasteiger partial charge in [-0.05, 0) is 45.0 Å². The Bertz CT molecular complexity index is 971. The van der Waals surface area contributed by atoms with E-state index in [-0.39, 0.29) is 24.4 Å². The number of benzene rings is 1. The Morgan fingerprint density at radius 3 is 2.32 bits per heavy atom. The second-order valence-corrected chi connectivity index (χ2v) is 5.99. The highest BCUT2D eigenvalue weighted by Gasteiger charge is 2.15. The van der Waals surface area contributed by atoms with Crippen LogP contribution in [0, 0.1) is 0 Å². The number of hydrogen-bond donors (Lipinski definition) is 1. The SMILES string of the molecule is CCOCCC(=O)c1ccc(N=Cc2c(O)n(CC)c(=O)n(CC)c2=O)cc1. The van der Waals surface area contributed by atoms with Crippen LogP contribution in [0.25, 0.3) is 0 Å². The van der Waals surface area contributed by atoms with Crippen LogP contribution in [0.5, 0.6) is 5.88 Å². The van der Waals surface area contributed by atoms with Crippen LogP contribution in [0.15, 0.2) is 38.8 Å². The lowest BCUT2D eigenvalue weighted by Crippen LogP contribution is -2.41. The largest absolute Gasteiger partial charge is 0.494 e. The molecule has 2 rings (SSSR count). The minimum Gasteiger partial charge on any atom is -0.494 e. The number of nitrogens with zero attached hydrogens (tertiary/aromatic N) is 3. The van der Waals surface area contributed by atoms with Crippen LogP contribution < -0.4 is 11.2 Å². The van der Waals surface area contributed by atoms with E-state index in [9.17, 15) is 19.5 Å². The van der Waals surface area contributed by atoms with Gasteiger partial charge in [-0.2, -0.15) is 0 Å². The number of Topliss-reactive ketones (excluding diaryl/α,β-unsaturated/α-hetero) is 1. The van der Waals surface area contributed by atoms with E-state index in [0.29, 0.717) is 30.9 Å². The molecule has 150 valence electrons. The molecule has 0 amide bonds. The summed E-state index contributed by atoms with van der Waals surface area (Å²) in [5, 5.41) is 10.3. The molecular weight excluding hydrogens is 362 g/mol. The monoisotopic (exact) mass is 387 g/mol. The van der Waals surface area contributed by atoms with Crippen LogP contribution in [0.2, 0.25) is 0 Å². The quantitative estimate of drug-likeness (QED) is 0.403. The number of aromatic hydroxyl groups is 1. The summed E-state index contributed by atoms with van der Waals surface area (Å²) >= 11 is 0. The first-order valence-electron chi connectivity index (χ1n) is 9.26. The molecule has 0 saturated carbocycles. The number of ketones is 1. The first-order chi connectivity index (χ1) is 13.4. The average Bonchev–Trinajstić information content (AvgIpc) is 2.69. The summed E-state index contributed by atoms with van der Waals surface area (Å²) < 4.78 is 7.35. The molecule has 8 heteroatoms. The molecule has 1 aromatic carbocycles. The van der Waals surface area contributed by atoms with Crippen LogP contribution in [0.3, 0.4) is 0 Å². The van der Waals surface area contributed by atoms with Crippen LogP contribution in [-0.2, 0) is 17.8 Å². The van der Waals surface area contributed by atoms with Gasteiger partial charge in [-0.3, -0.25) is 23.7 Å². The Hall–Kier alpha value is -3.00. The van der Waals surface area contributed by atoms with E-state index in [4.69, 9.17) is 4.74 Å². The zero-order valence-electron chi connectivity index (χ0n) is 16.3. The molecule has 1 aromatic heterocycles. The van der Waals surface area contributed by atoms with E-state index in [1.165, 1.54) is 6.21 Å². The fourth-order valence-electron chi connectivity index (χ4n) is 2.71. The van der Waals surface area contributed by atoms with Crippen molar-refractivity contribution in [3.05, 3.63) is 56.2 Å². The van der Waals surface area contributed by atoms with Gasteiger partial charge < -0.3 is 9.84 Å². The van der Waals surface area contributed by atoms with E-state index in [1.807, 2.05) is 6.92 Å². The Labute approximate surface area is 162 Å². The van der Waals surface area contributed by atoms with E-state index in [0.717, 1.165) is 9.13 Å². The normalized spacial score (nSPS) is 11.2. The van der Waals surface area contributed by atoms with Gasteiger partial charge in [0.1, 0.15) is 5.56 Å². The molecular formula is C20H25N3O5. The molecule has 0 radical (unpaired) electrons. The number of rotatable bonds is 9. The van der Waals surface area contributed by atoms with Gasteiger partial charge in [0.05, 0.1) is 12.3 Å². The standard InChI is InChI=1S/C20H25N3O5/c1-4-22-18(25)16(19(26)23(5-2)20(22)27)13-21-15-9-7-14(8-10-15)17(24)11-12-28-6-3/h7-10,13,25H,4-6,11-12H2,1-3H3. The lowest BCUT2D eigenvalue weighted by molar-refractivity contribution is 0.0896. The fraction of sp³-hybridized carbons (Fsp3) is 0.400. The number of hydrogen-bond acceptors (Lipinski definition) is 6. The number of aliphatic imine (C=N–C) groups is 1. The van der Waals surface area contributed by atoms with Crippen LogP contribution >= 0.6 is 0 Å². The lowest BCUT2D eigenvalue weighted by Gasteiger charge is -2.11. The maximum atomic E-state index is 12.4. The lowest BCUT2D eigenvalue weighted by atomic mass is 10.1. The Kier molecular flexibility index (Phi) is 7.45. The second kappa shape index (κ2) is 9.80. The predicted molar refractivity (Wildman–Crippen MR) is 107 cm³/mol. The molecule has 0 saturated heterocycles. The maximum absolute atomic E-state index is 12.4. The first-order valence-corrected chi connectivity index (χ1v) is 9.26. The molecule has 28 heavy (non-hydrogen) atoms. The smallest absolute Gasteiger partial charge is 0.333 e. The molecule has 1 N–H and O–H groups in total. The summed E-state index contributed by atoms with van der Waals surface area (Å²) in [5.41, 5.74) is -0.146. The third-order valence-corrected chi connectivity index (χ3v) is 4.28. The van der Waals surface area contributed by atoms with Gasteiger partial charge in [-0.15, -0.1) is 0 Å². The van der Waals surface area contributed by atoms with Gasteiger partial charge in [0.2, 0.25) is 5.88 Å². The molecule has 0 bridgehead atoms. The maximum Gasteiger partial charge on any atom is 0.333 e. The molecule has 0 atom stereocenters. The average molecular weight is 387 g/mol. The highest BCUT2D eigenvalue weighted by atomic mass is 16.5. The van der Waals surface area contributed by atoms with E-state index in [1.54, 1.807) is 38.1 Å². The highest BCUT2D eigenvalue weighted by molar-refractivity contribution is 5.96.